The SMILES string of the molecule is C=CCCC1CCC(C(C)(C)C2C3C=C(C(C)(C)C)C=CC3C3C=CC(C(C)(C)C)=CC32)C1. The molecule has 4 rings (SSSR count). The van der Waals surface area contributed by atoms with Gasteiger partial charge >= 0.3 is 0 Å². The molecule has 0 nitrogen and oxygen atoms in total. The third-order valence-electron chi connectivity index (χ3n) is 9.87. The fourth-order valence-electron chi connectivity index (χ4n) is 7.78. The van der Waals surface area contributed by atoms with E-state index in [1.807, 2.05) is 0 Å². The zero-order valence-corrected chi connectivity index (χ0v) is 22.8. The maximum atomic E-state index is 3.97. The van der Waals surface area contributed by atoms with Crippen molar-refractivity contribution in [3.05, 3.63) is 60.3 Å². The maximum absolute atomic E-state index is 3.97. The fourth-order valence-corrected chi connectivity index (χ4v) is 7.78. The lowest BCUT2D eigenvalue weighted by atomic mass is 9.60. The van der Waals surface area contributed by atoms with Crippen molar-refractivity contribution >= 4 is 0 Å². The quantitative estimate of drug-likeness (QED) is 0.369. The molecule has 0 saturated heterocycles. The van der Waals surface area contributed by atoms with Gasteiger partial charge in [-0.05, 0) is 94.5 Å². The van der Waals surface area contributed by atoms with Crippen LogP contribution in [0.3, 0.4) is 0 Å². The first-order valence-corrected chi connectivity index (χ1v) is 13.8. The second-order valence-corrected chi connectivity index (χ2v) is 14.4. The zero-order valence-electron chi connectivity index (χ0n) is 22.8. The van der Waals surface area contributed by atoms with Crippen LogP contribution in [-0.2, 0) is 0 Å². The molecule has 2 fully saturated rings. The minimum atomic E-state index is 0.218. The monoisotopic (exact) mass is 446 g/mol. The van der Waals surface area contributed by atoms with Gasteiger partial charge in [0.05, 0.1) is 0 Å². The summed E-state index contributed by atoms with van der Waals surface area (Å²) >= 11 is 0. The zero-order chi connectivity index (χ0) is 24.2. The molecule has 33 heavy (non-hydrogen) atoms. The van der Waals surface area contributed by atoms with Crippen molar-refractivity contribution in [2.24, 2.45) is 57.7 Å². The summed E-state index contributed by atoms with van der Waals surface area (Å²) in [7, 11) is 0. The number of allylic oxidation sites excluding steroid dienone is 9. The molecule has 0 bridgehead atoms. The highest BCUT2D eigenvalue weighted by Crippen LogP contribution is 2.62. The summed E-state index contributed by atoms with van der Waals surface area (Å²) < 4.78 is 0. The van der Waals surface area contributed by atoms with Gasteiger partial charge in [-0.25, -0.2) is 0 Å². The van der Waals surface area contributed by atoms with Gasteiger partial charge in [-0.1, -0.05) is 104 Å². The lowest BCUT2D eigenvalue weighted by molar-refractivity contribution is 0.0715. The third-order valence-corrected chi connectivity index (χ3v) is 9.87. The van der Waals surface area contributed by atoms with Crippen molar-refractivity contribution in [3.8, 4) is 0 Å². The lowest BCUT2D eigenvalue weighted by Crippen LogP contribution is -2.38. The normalized spacial score (nSPS) is 36.3. The van der Waals surface area contributed by atoms with Crippen molar-refractivity contribution in [1.82, 2.24) is 0 Å². The molecule has 6 atom stereocenters. The Morgan fingerprint density at radius 3 is 1.76 bits per heavy atom. The van der Waals surface area contributed by atoms with E-state index in [0.717, 1.165) is 11.8 Å². The molecule has 0 N–H and O–H groups in total. The third kappa shape index (κ3) is 4.66. The molecule has 2 saturated carbocycles. The Morgan fingerprint density at radius 1 is 0.788 bits per heavy atom. The summed E-state index contributed by atoms with van der Waals surface area (Å²) in [6.45, 7) is 23.5. The van der Waals surface area contributed by atoms with E-state index in [2.05, 4.69) is 105 Å². The van der Waals surface area contributed by atoms with Gasteiger partial charge in [-0.15, -0.1) is 6.58 Å². The molecule has 0 heteroatoms. The number of fused-ring (bicyclic) bond motifs is 3. The van der Waals surface area contributed by atoms with E-state index in [4.69, 9.17) is 0 Å². The van der Waals surface area contributed by atoms with E-state index in [-0.39, 0.29) is 10.8 Å². The summed E-state index contributed by atoms with van der Waals surface area (Å²) in [5.74, 6) is 5.06. The molecule has 0 aromatic rings. The topological polar surface area (TPSA) is 0 Å². The highest BCUT2D eigenvalue weighted by atomic mass is 14.6. The second kappa shape index (κ2) is 8.73. The first-order chi connectivity index (χ1) is 15.3. The molecule has 4 aliphatic rings. The predicted octanol–water partition coefficient (Wildman–Crippen LogP) is 9.57. The minimum absolute atomic E-state index is 0.218. The van der Waals surface area contributed by atoms with Crippen LogP contribution in [0.1, 0.15) is 87.5 Å². The van der Waals surface area contributed by atoms with Crippen molar-refractivity contribution in [1.29, 1.82) is 0 Å². The smallest absolute Gasteiger partial charge is 0.00952 e. The average Bonchev–Trinajstić information content (AvgIpc) is 3.33. The van der Waals surface area contributed by atoms with Crippen molar-refractivity contribution in [3.63, 3.8) is 0 Å². The Bertz CT molecular complexity index is 807. The minimum Gasteiger partial charge on any atom is -0.103 e. The van der Waals surface area contributed by atoms with E-state index in [9.17, 15) is 0 Å². The molecule has 0 spiro atoms. The average molecular weight is 447 g/mol. The van der Waals surface area contributed by atoms with Gasteiger partial charge in [0.2, 0.25) is 0 Å². The van der Waals surface area contributed by atoms with Gasteiger partial charge in [-0.2, -0.15) is 0 Å². The Kier molecular flexibility index (Phi) is 6.56. The van der Waals surface area contributed by atoms with Crippen LogP contribution in [0.2, 0.25) is 0 Å². The van der Waals surface area contributed by atoms with Crippen LogP contribution in [0.4, 0.5) is 0 Å². The molecule has 4 aliphatic carbocycles. The van der Waals surface area contributed by atoms with Crippen LogP contribution in [-0.4, -0.2) is 0 Å². The van der Waals surface area contributed by atoms with Crippen molar-refractivity contribution in [2.45, 2.75) is 87.5 Å². The fraction of sp³-hybridized carbons (Fsp3) is 0.697. The molecule has 0 aliphatic heterocycles. The number of rotatable bonds is 5. The van der Waals surface area contributed by atoms with E-state index in [1.54, 1.807) is 11.1 Å². The van der Waals surface area contributed by atoms with Crippen molar-refractivity contribution in [2.75, 3.05) is 0 Å². The van der Waals surface area contributed by atoms with Crippen LogP contribution in [0.15, 0.2) is 60.3 Å². The molecule has 182 valence electrons. The number of hydrogen-bond acceptors (Lipinski definition) is 0. The summed E-state index contributed by atoms with van der Waals surface area (Å²) in [5, 5.41) is 0. The standard InChI is InChI=1S/C33H50/c1-10-11-12-22-13-14-25(19-22)33(8,9)30-28-20-23(31(2,3)4)15-17-26(28)27-18-16-24(21-29(27)30)32(5,6)7/h10,15-18,20-22,25-30H,1,11-14,19H2,2-9H3. The van der Waals surface area contributed by atoms with Gasteiger partial charge < -0.3 is 0 Å². The summed E-state index contributed by atoms with van der Waals surface area (Å²) in [5.41, 5.74) is 3.87. The van der Waals surface area contributed by atoms with Gasteiger partial charge in [0.15, 0.2) is 0 Å². The van der Waals surface area contributed by atoms with E-state index in [0.29, 0.717) is 35.0 Å². The Hall–Kier alpha value is -1.30. The summed E-state index contributed by atoms with van der Waals surface area (Å²) in [6, 6.07) is 0. The predicted molar refractivity (Wildman–Crippen MR) is 145 cm³/mol. The first kappa shape index (κ1) is 24.8. The van der Waals surface area contributed by atoms with Gasteiger partial charge in [-0.3, -0.25) is 0 Å². The van der Waals surface area contributed by atoms with E-state index < -0.39 is 0 Å². The Morgan fingerprint density at radius 2 is 1.30 bits per heavy atom. The van der Waals surface area contributed by atoms with Gasteiger partial charge in [0.25, 0.3) is 0 Å². The van der Waals surface area contributed by atoms with Crippen LogP contribution in [0, 0.1) is 57.7 Å². The van der Waals surface area contributed by atoms with Crippen LogP contribution in [0.25, 0.3) is 0 Å². The van der Waals surface area contributed by atoms with Crippen LogP contribution in [0.5, 0.6) is 0 Å². The molecule has 0 radical (unpaired) electrons. The summed E-state index contributed by atoms with van der Waals surface area (Å²) in [6.07, 6.45) is 24.5. The highest BCUT2D eigenvalue weighted by Gasteiger charge is 2.56. The molecular formula is C33H50. The van der Waals surface area contributed by atoms with E-state index in [1.165, 1.54) is 32.1 Å². The summed E-state index contributed by atoms with van der Waals surface area (Å²) in [4.78, 5) is 0. The highest BCUT2D eigenvalue weighted by molar-refractivity contribution is 5.39. The van der Waals surface area contributed by atoms with Crippen LogP contribution >= 0.6 is 0 Å². The van der Waals surface area contributed by atoms with Gasteiger partial charge in [0.1, 0.15) is 0 Å². The molecule has 6 unspecified atom stereocenters. The molecule has 0 aromatic heterocycles. The van der Waals surface area contributed by atoms with Crippen LogP contribution < -0.4 is 0 Å². The Balaban J connectivity index is 1.72. The first-order valence-electron chi connectivity index (χ1n) is 13.8. The Labute approximate surface area is 205 Å². The largest absolute Gasteiger partial charge is 0.103 e. The molecule has 0 amide bonds. The maximum Gasteiger partial charge on any atom is -0.00952 e. The van der Waals surface area contributed by atoms with E-state index >= 15 is 0 Å². The molecule has 0 heterocycles. The second-order valence-electron chi connectivity index (χ2n) is 14.4. The molecular weight excluding hydrogens is 396 g/mol. The molecule has 0 aromatic carbocycles. The van der Waals surface area contributed by atoms with Crippen molar-refractivity contribution < 1.29 is 0 Å². The van der Waals surface area contributed by atoms with Gasteiger partial charge in [0, 0.05) is 0 Å². The lowest BCUT2D eigenvalue weighted by Gasteiger charge is -2.45. The number of hydrogen-bond donors (Lipinski definition) is 0.